The Morgan fingerprint density at radius 2 is 2.17 bits per heavy atom. The lowest BCUT2D eigenvalue weighted by Gasteiger charge is -1.97. The lowest BCUT2D eigenvalue weighted by molar-refractivity contribution is 0.601. The summed E-state index contributed by atoms with van der Waals surface area (Å²) in [7, 11) is 0. The van der Waals surface area contributed by atoms with Gasteiger partial charge in [-0.05, 0) is 12.3 Å². The van der Waals surface area contributed by atoms with Gasteiger partial charge in [0.2, 0.25) is 0 Å². The van der Waals surface area contributed by atoms with Gasteiger partial charge in [0.25, 0.3) is 0 Å². The van der Waals surface area contributed by atoms with Gasteiger partial charge in [0.05, 0.1) is 5.01 Å². The van der Waals surface area contributed by atoms with Crippen molar-refractivity contribution >= 4 is 11.3 Å². The molecule has 1 aliphatic rings. The molecule has 1 aromatic heterocycles. The molecule has 2 rings (SSSR count). The Hall–Kier alpha value is -0.410. The molecule has 0 amide bonds. The van der Waals surface area contributed by atoms with Gasteiger partial charge < -0.3 is 5.73 Å². The first-order valence-corrected chi connectivity index (χ1v) is 5.03. The Balaban J connectivity index is 2.24. The molecule has 12 heavy (non-hydrogen) atoms. The van der Waals surface area contributed by atoms with Gasteiger partial charge in [0, 0.05) is 23.0 Å². The highest BCUT2D eigenvalue weighted by atomic mass is 32.1. The number of thiazole rings is 1. The third kappa shape index (κ3) is 1.00. The van der Waals surface area contributed by atoms with Crippen molar-refractivity contribution in [2.24, 2.45) is 11.1 Å². The molecule has 0 saturated heterocycles. The lowest BCUT2D eigenvalue weighted by atomic mass is 10.1. The molecule has 2 nitrogen and oxygen atoms in total. The van der Waals surface area contributed by atoms with Crippen LogP contribution in [-0.2, 0) is 0 Å². The quantitative estimate of drug-likeness (QED) is 0.720. The first kappa shape index (κ1) is 8.20. The Morgan fingerprint density at radius 1 is 1.58 bits per heavy atom. The maximum Gasteiger partial charge on any atom is 0.0896 e. The van der Waals surface area contributed by atoms with Gasteiger partial charge in [0.1, 0.15) is 0 Å². The minimum Gasteiger partial charge on any atom is -0.327 e. The maximum absolute atomic E-state index is 5.96. The molecule has 0 bridgehead atoms. The van der Waals surface area contributed by atoms with E-state index >= 15 is 0 Å². The summed E-state index contributed by atoms with van der Waals surface area (Å²) in [6, 6.07) is 0.331. The predicted octanol–water partition coefficient (Wildman–Crippen LogP) is 1.90. The summed E-state index contributed by atoms with van der Waals surface area (Å²) in [4.78, 5) is 5.59. The summed E-state index contributed by atoms with van der Waals surface area (Å²) in [6.07, 6.45) is 1.97. The van der Waals surface area contributed by atoms with Gasteiger partial charge >= 0.3 is 0 Å². The van der Waals surface area contributed by atoms with Crippen LogP contribution < -0.4 is 5.73 Å². The van der Waals surface area contributed by atoms with Crippen LogP contribution >= 0.6 is 11.3 Å². The van der Waals surface area contributed by atoms with E-state index in [1.54, 1.807) is 11.3 Å². The van der Waals surface area contributed by atoms with Gasteiger partial charge in [-0.15, -0.1) is 11.3 Å². The monoisotopic (exact) mass is 182 g/mol. The third-order valence-electron chi connectivity index (χ3n) is 2.86. The zero-order chi connectivity index (χ0) is 8.93. The Bertz CT molecular complexity index is 303. The molecular weight excluding hydrogens is 168 g/mol. The van der Waals surface area contributed by atoms with E-state index in [0.29, 0.717) is 17.4 Å². The Kier molecular flexibility index (Phi) is 1.57. The normalized spacial score (nSPS) is 32.0. The number of rotatable bonds is 1. The highest BCUT2D eigenvalue weighted by Gasteiger charge is 2.56. The zero-order valence-corrected chi connectivity index (χ0v) is 8.48. The fourth-order valence-electron chi connectivity index (χ4n) is 1.74. The van der Waals surface area contributed by atoms with E-state index < -0.39 is 0 Å². The number of hydrogen-bond donors (Lipinski definition) is 1. The topological polar surface area (TPSA) is 38.9 Å². The SMILES string of the molecule is Cc1ncc(C2C(N)C2(C)C)s1. The van der Waals surface area contributed by atoms with Crippen LogP contribution in [0.5, 0.6) is 0 Å². The second-order valence-electron chi connectivity index (χ2n) is 4.11. The van der Waals surface area contributed by atoms with Crippen molar-refractivity contribution in [2.45, 2.75) is 32.7 Å². The van der Waals surface area contributed by atoms with Crippen LogP contribution in [0.25, 0.3) is 0 Å². The van der Waals surface area contributed by atoms with Crippen molar-refractivity contribution in [1.29, 1.82) is 0 Å². The van der Waals surface area contributed by atoms with E-state index in [1.807, 2.05) is 13.1 Å². The molecule has 2 N–H and O–H groups in total. The van der Waals surface area contributed by atoms with Crippen LogP contribution in [-0.4, -0.2) is 11.0 Å². The summed E-state index contributed by atoms with van der Waals surface area (Å²) in [5.74, 6) is 0.545. The standard InChI is InChI=1S/C9H14N2S/c1-5-11-4-6(12-5)7-8(10)9(7,2)3/h4,7-8H,10H2,1-3H3. The van der Waals surface area contributed by atoms with Crippen LogP contribution in [0.2, 0.25) is 0 Å². The lowest BCUT2D eigenvalue weighted by Crippen LogP contribution is -2.06. The highest BCUT2D eigenvalue weighted by molar-refractivity contribution is 7.11. The first-order chi connectivity index (χ1) is 5.53. The van der Waals surface area contributed by atoms with Crippen LogP contribution in [0, 0.1) is 12.3 Å². The van der Waals surface area contributed by atoms with Crippen molar-refractivity contribution in [3.8, 4) is 0 Å². The van der Waals surface area contributed by atoms with Crippen LogP contribution in [0.3, 0.4) is 0 Å². The van der Waals surface area contributed by atoms with Gasteiger partial charge in [-0.3, -0.25) is 0 Å². The van der Waals surface area contributed by atoms with Crippen molar-refractivity contribution in [3.63, 3.8) is 0 Å². The molecule has 1 aromatic rings. The number of aryl methyl sites for hydroxylation is 1. The summed E-state index contributed by atoms with van der Waals surface area (Å²) < 4.78 is 0. The zero-order valence-electron chi connectivity index (χ0n) is 7.66. The summed E-state index contributed by atoms with van der Waals surface area (Å²) in [6.45, 7) is 6.48. The minimum atomic E-state index is 0.291. The van der Waals surface area contributed by atoms with Crippen molar-refractivity contribution in [1.82, 2.24) is 4.98 Å². The van der Waals surface area contributed by atoms with Crippen molar-refractivity contribution < 1.29 is 0 Å². The molecule has 1 aliphatic carbocycles. The molecule has 3 heteroatoms. The largest absolute Gasteiger partial charge is 0.327 e. The Morgan fingerprint density at radius 3 is 2.50 bits per heavy atom. The number of nitrogens with zero attached hydrogens (tertiary/aromatic N) is 1. The van der Waals surface area contributed by atoms with Crippen LogP contribution in [0.1, 0.15) is 29.7 Å². The molecule has 0 aliphatic heterocycles. The molecule has 0 aromatic carbocycles. The van der Waals surface area contributed by atoms with E-state index in [4.69, 9.17) is 5.73 Å². The number of hydrogen-bond acceptors (Lipinski definition) is 3. The summed E-state index contributed by atoms with van der Waals surface area (Å²) >= 11 is 1.77. The van der Waals surface area contributed by atoms with Gasteiger partial charge in [0.15, 0.2) is 0 Å². The van der Waals surface area contributed by atoms with E-state index in [-0.39, 0.29) is 0 Å². The van der Waals surface area contributed by atoms with E-state index in [9.17, 15) is 0 Å². The average molecular weight is 182 g/mol. The third-order valence-corrected chi connectivity index (χ3v) is 3.85. The van der Waals surface area contributed by atoms with Gasteiger partial charge in [-0.25, -0.2) is 4.98 Å². The highest BCUT2D eigenvalue weighted by Crippen LogP contribution is 2.58. The fraction of sp³-hybridized carbons (Fsp3) is 0.667. The summed E-state index contributed by atoms with van der Waals surface area (Å²) in [5.41, 5.74) is 6.26. The van der Waals surface area contributed by atoms with Crippen molar-refractivity contribution in [2.75, 3.05) is 0 Å². The predicted molar refractivity (Wildman–Crippen MR) is 51.3 cm³/mol. The first-order valence-electron chi connectivity index (χ1n) is 4.21. The molecule has 1 saturated carbocycles. The molecule has 0 radical (unpaired) electrons. The molecule has 2 atom stereocenters. The van der Waals surface area contributed by atoms with Gasteiger partial charge in [-0.2, -0.15) is 0 Å². The van der Waals surface area contributed by atoms with Crippen LogP contribution in [0.4, 0.5) is 0 Å². The van der Waals surface area contributed by atoms with Crippen molar-refractivity contribution in [3.05, 3.63) is 16.1 Å². The minimum absolute atomic E-state index is 0.291. The molecule has 1 fully saturated rings. The molecule has 0 spiro atoms. The second-order valence-corrected chi connectivity index (χ2v) is 5.37. The molecule has 2 unspecified atom stereocenters. The van der Waals surface area contributed by atoms with E-state index in [2.05, 4.69) is 18.8 Å². The molecular formula is C9H14N2S. The van der Waals surface area contributed by atoms with Crippen LogP contribution in [0.15, 0.2) is 6.20 Å². The number of aromatic nitrogens is 1. The van der Waals surface area contributed by atoms with Gasteiger partial charge in [-0.1, -0.05) is 13.8 Å². The Labute approximate surface area is 76.8 Å². The average Bonchev–Trinajstić information content (AvgIpc) is 2.38. The second kappa shape index (κ2) is 2.30. The number of nitrogens with two attached hydrogens (primary N) is 1. The van der Waals surface area contributed by atoms with E-state index in [1.165, 1.54) is 4.88 Å². The summed E-state index contributed by atoms with van der Waals surface area (Å²) in [5, 5.41) is 1.14. The fourth-order valence-corrected chi connectivity index (χ4v) is 2.87. The van der Waals surface area contributed by atoms with E-state index in [0.717, 1.165) is 5.01 Å². The smallest absolute Gasteiger partial charge is 0.0896 e. The maximum atomic E-state index is 5.96. The molecule has 66 valence electrons. The molecule has 1 heterocycles.